The standard InChI is InChI=1S/C13H15ClN4S/c14-9-11-10-15-2-1-12(11)17-4-6-18(7-5-17)13-16-3-8-19-13/h1-3,8,10H,4-7,9H2. The molecule has 4 nitrogen and oxygen atoms in total. The fourth-order valence-corrected chi connectivity index (χ4v) is 3.24. The molecule has 0 atom stereocenters. The third-order valence-electron chi connectivity index (χ3n) is 3.33. The Morgan fingerprint density at radius 3 is 2.63 bits per heavy atom. The van der Waals surface area contributed by atoms with Gasteiger partial charge in [-0.25, -0.2) is 4.98 Å². The number of aromatic nitrogens is 2. The van der Waals surface area contributed by atoms with E-state index in [0.717, 1.165) is 36.9 Å². The molecule has 0 saturated carbocycles. The number of hydrogen-bond donors (Lipinski definition) is 0. The normalized spacial score (nSPS) is 15.8. The van der Waals surface area contributed by atoms with Gasteiger partial charge in [-0.05, 0) is 6.07 Å². The summed E-state index contributed by atoms with van der Waals surface area (Å²) in [5.74, 6) is 0.510. The SMILES string of the molecule is ClCc1cnccc1N1CCN(c2nccs2)CC1. The molecule has 0 aliphatic carbocycles. The lowest BCUT2D eigenvalue weighted by molar-refractivity contribution is 0.650. The highest BCUT2D eigenvalue weighted by Gasteiger charge is 2.20. The van der Waals surface area contributed by atoms with Crippen LogP contribution in [-0.4, -0.2) is 36.1 Å². The maximum absolute atomic E-state index is 5.98. The van der Waals surface area contributed by atoms with E-state index in [-0.39, 0.29) is 0 Å². The van der Waals surface area contributed by atoms with Crippen molar-refractivity contribution in [3.63, 3.8) is 0 Å². The summed E-state index contributed by atoms with van der Waals surface area (Å²) in [6.07, 6.45) is 5.55. The van der Waals surface area contributed by atoms with Crippen LogP contribution in [0, 0.1) is 0 Å². The number of nitrogens with zero attached hydrogens (tertiary/aromatic N) is 4. The molecule has 19 heavy (non-hydrogen) atoms. The molecule has 6 heteroatoms. The van der Waals surface area contributed by atoms with Crippen molar-refractivity contribution in [1.82, 2.24) is 9.97 Å². The van der Waals surface area contributed by atoms with E-state index in [0.29, 0.717) is 5.88 Å². The number of anilines is 2. The van der Waals surface area contributed by atoms with Crippen LogP contribution in [-0.2, 0) is 5.88 Å². The topological polar surface area (TPSA) is 32.3 Å². The fraction of sp³-hybridized carbons (Fsp3) is 0.385. The molecular formula is C13H15ClN4S. The molecule has 2 aromatic heterocycles. The molecule has 1 aliphatic heterocycles. The number of piperazine rings is 1. The van der Waals surface area contributed by atoms with Crippen molar-refractivity contribution in [2.24, 2.45) is 0 Å². The minimum Gasteiger partial charge on any atom is -0.368 e. The molecule has 1 saturated heterocycles. The lowest BCUT2D eigenvalue weighted by Crippen LogP contribution is -2.46. The highest BCUT2D eigenvalue weighted by molar-refractivity contribution is 7.13. The van der Waals surface area contributed by atoms with E-state index in [1.54, 1.807) is 11.3 Å². The van der Waals surface area contributed by atoms with Gasteiger partial charge in [0.15, 0.2) is 5.13 Å². The maximum atomic E-state index is 5.98. The molecule has 2 aromatic rings. The Morgan fingerprint density at radius 1 is 1.16 bits per heavy atom. The van der Waals surface area contributed by atoms with Gasteiger partial charge in [-0.2, -0.15) is 0 Å². The summed E-state index contributed by atoms with van der Waals surface area (Å²) >= 11 is 7.68. The van der Waals surface area contributed by atoms with E-state index in [2.05, 4.69) is 25.8 Å². The fourth-order valence-electron chi connectivity index (χ4n) is 2.34. The molecule has 0 N–H and O–H groups in total. The van der Waals surface area contributed by atoms with Crippen molar-refractivity contribution >= 4 is 33.8 Å². The van der Waals surface area contributed by atoms with Crippen LogP contribution < -0.4 is 9.80 Å². The maximum Gasteiger partial charge on any atom is 0.185 e. The summed E-state index contributed by atoms with van der Waals surface area (Å²) in [7, 11) is 0. The molecule has 1 aliphatic rings. The van der Waals surface area contributed by atoms with E-state index in [4.69, 9.17) is 11.6 Å². The zero-order valence-electron chi connectivity index (χ0n) is 10.5. The molecule has 1 fully saturated rings. The van der Waals surface area contributed by atoms with Crippen molar-refractivity contribution < 1.29 is 0 Å². The lowest BCUT2D eigenvalue weighted by atomic mass is 10.2. The van der Waals surface area contributed by atoms with Crippen LogP contribution in [0.3, 0.4) is 0 Å². The first-order valence-corrected chi connectivity index (χ1v) is 7.68. The minimum absolute atomic E-state index is 0.510. The predicted octanol–water partition coefficient (Wildman–Crippen LogP) is 2.60. The molecule has 3 heterocycles. The van der Waals surface area contributed by atoms with E-state index in [1.807, 2.05) is 24.0 Å². The van der Waals surface area contributed by atoms with Gasteiger partial charge in [0.2, 0.25) is 0 Å². The van der Waals surface area contributed by atoms with Crippen LogP contribution in [0.1, 0.15) is 5.56 Å². The van der Waals surface area contributed by atoms with Crippen LogP contribution in [0.2, 0.25) is 0 Å². The van der Waals surface area contributed by atoms with Crippen LogP contribution in [0.5, 0.6) is 0 Å². The second-order valence-corrected chi connectivity index (χ2v) is 5.57. The van der Waals surface area contributed by atoms with E-state index < -0.39 is 0 Å². The summed E-state index contributed by atoms with van der Waals surface area (Å²) in [6.45, 7) is 3.98. The van der Waals surface area contributed by atoms with Crippen LogP contribution in [0.4, 0.5) is 10.8 Å². The van der Waals surface area contributed by atoms with Gasteiger partial charge >= 0.3 is 0 Å². The Morgan fingerprint density at radius 2 is 1.95 bits per heavy atom. The van der Waals surface area contributed by atoms with Gasteiger partial charge < -0.3 is 9.80 Å². The van der Waals surface area contributed by atoms with Gasteiger partial charge in [0, 0.05) is 61.4 Å². The second kappa shape index (κ2) is 5.75. The van der Waals surface area contributed by atoms with Gasteiger partial charge in [0.25, 0.3) is 0 Å². The summed E-state index contributed by atoms with van der Waals surface area (Å²) in [6, 6.07) is 2.05. The van der Waals surface area contributed by atoms with Crippen molar-refractivity contribution in [3.05, 3.63) is 35.6 Å². The average molecular weight is 295 g/mol. The third-order valence-corrected chi connectivity index (χ3v) is 4.45. The monoisotopic (exact) mass is 294 g/mol. The predicted molar refractivity (Wildman–Crippen MR) is 80.3 cm³/mol. The van der Waals surface area contributed by atoms with Gasteiger partial charge in [0.1, 0.15) is 0 Å². The largest absolute Gasteiger partial charge is 0.368 e. The number of pyridine rings is 1. The van der Waals surface area contributed by atoms with Crippen molar-refractivity contribution in [3.8, 4) is 0 Å². The number of halogens is 1. The third kappa shape index (κ3) is 2.67. The molecule has 0 aromatic carbocycles. The highest BCUT2D eigenvalue weighted by atomic mass is 35.5. The first kappa shape index (κ1) is 12.7. The van der Waals surface area contributed by atoms with Crippen LogP contribution in [0.25, 0.3) is 0 Å². The van der Waals surface area contributed by atoms with Crippen molar-refractivity contribution in [2.75, 3.05) is 36.0 Å². The second-order valence-electron chi connectivity index (χ2n) is 4.43. The first-order valence-electron chi connectivity index (χ1n) is 6.26. The quantitative estimate of drug-likeness (QED) is 0.815. The molecule has 0 spiro atoms. The molecule has 0 unspecified atom stereocenters. The van der Waals surface area contributed by atoms with E-state index >= 15 is 0 Å². The zero-order chi connectivity index (χ0) is 13.1. The number of rotatable bonds is 3. The van der Waals surface area contributed by atoms with Crippen molar-refractivity contribution in [2.45, 2.75) is 5.88 Å². The Kier molecular flexibility index (Phi) is 3.84. The van der Waals surface area contributed by atoms with Crippen LogP contribution in [0.15, 0.2) is 30.0 Å². The van der Waals surface area contributed by atoms with E-state index in [9.17, 15) is 0 Å². The van der Waals surface area contributed by atoms with Crippen LogP contribution >= 0.6 is 22.9 Å². The Bertz CT molecular complexity index is 523. The van der Waals surface area contributed by atoms with Gasteiger partial charge in [-0.15, -0.1) is 22.9 Å². The van der Waals surface area contributed by atoms with Crippen molar-refractivity contribution in [1.29, 1.82) is 0 Å². The summed E-state index contributed by atoms with van der Waals surface area (Å²) in [4.78, 5) is 13.2. The summed E-state index contributed by atoms with van der Waals surface area (Å²) in [5, 5.41) is 3.14. The molecule has 0 radical (unpaired) electrons. The molecule has 0 bridgehead atoms. The minimum atomic E-state index is 0.510. The Balaban J connectivity index is 1.70. The Hall–Kier alpha value is -1.33. The van der Waals surface area contributed by atoms with Gasteiger partial charge in [-0.3, -0.25) is 4.98 Å². The number of alkyl halides is 1. The average Bonchev–Trinajstić information content (AvgIpc) is 3.02. The van der Waals surface area contributed by atoms with Gasteiger partial charge in [0.05, 0.1) is 5.88 Å². The molecule has 0 amide bonds. The molecule has 3 rings (SSSR count). The summed E-state index contributed by atoms with van der Waals surface area (Å²) < 4.78 is 0. The summed E-state index contributed by atoms with van der Waals surface area (Å²) in [5.41, 5.74) is 2.32. The Labute approximate surface area is 121 Å². The number of hydrogen-bond acceptors (Lipinski definition) is 5. The highest BCUT2D eigenvalue weighted by Crippen LogP contribution is 2.24. The number of thiazole rings is 1. The molecular weight excluding hydrogens is 280 g/mol. The van der Waals surface area contributed by atoms with Gasteiger partial charge in [-0.1, -0.05) is 0 Å². The smallest absolute Gasteiger partial charge is 0.185 e. The first-order chi connectivity index (χ1) is 9.38. The lowest BCUT2D eigenvalue weighted by Gasteiger charge is -2.36. The van der Waals surface area contributed by atoms with E-state index in [1.165, 1.54) is 5.69 Å². The zero-order valence-corrected chi connectivity index (χ0v) is 12.1. The molecule has 100 valence electrons.